The number of hydrogen-bond acceptors (Lipinski definition) is 4. The molecule has 1 aromatic rings. The van der Waals surface area contributed by atoms with Crippen molar-refractivity contribution >= 4 is 5.97 Å². The van der Waals surface area contributed by atoms with Gasteiger partial charge >= 0.3 is 5.97 Å². The molecule has 0 atom stereocenters. The molecule has 5 nitrogen and oxygen atoms in total. The zero-order chi connectivity index (χ0) is 9.26. The Morgan fingerprint density at radius 2 is 2.54 bits per heavy atom. The van der Waals surface area contributed by atoms with Crippen LogP contribution in [0.1, 0.15) is 10.4 Å². The lowest BCUT2D eigenvalue weighted by Crippen LogP contribution is -2.37. The van der Waals surface area contributed by atoms with Crippen molar-refractivity contribution in [2.45, 2.75) is 6.10 Å². The average Bonchev–Trinajstić information content (AvgIpc) is 2.44. The molecule has 13 heavy (non-hydrogen) atoms. The summed E-state index contributed by atoms with van der Waals surface area (Å²) < 4.78 is 11.5. The highest BCUT2D eigenvalue weighted by Gasteiger charge is 2.23. The molecule has 70 valence electrons. The van der Waals surface area contributed by atoms with Gasteiger partial charge in [-0.3, -0.25) is 4.68 Å². The molecule has 0 unspecified atom stereocenters. The van der Waals surface area contributed by atoms with Crippen LogP contribution in [0, 0.1) is 0 Å². The lowest BCUT2D eigenvalue weighted by Gasteiger charge is -2.25. The van der Waals surface area contributed by atoms with Crippen molar-refractivity contribution in [2.75, 3.05) is 13.2 Å². The van der Waals surface area contributed by atoms with E-state index in [9.17, 15) is 4.79 Å². The molecule has 0 bridgehead atoms. The molecule has 2 rings (SSSR count). The highest BCUT2D eigenvalue weighted by Crippen LogP contribution is 2.09. The van der Waals surface area contributed by atoms with Gasteiger partial charge < -0.3 is 9.47 Å². The summed E-state index contributed by atoms with van der Waals surface area (Å²) in [5, 5.41) is 3.87. The quantitative estimate of drug-likeness (QED) is 0.603. The van der Waals surface area contributed by atoms with E-state index < -0.39 is 0 Å². The van der Waals surface area contributed by atoms with Gasteiger partial charge in [0.25, 0.3) is 0 Å². The predicted molar refractivity (Wildman–Crippen MR) is 43.2 cm³/mol. The van der Waals surface area contributed by atoms with Crippen LogP contribution < -0.4 is 0 Å². The second-order valence-corrected chi connectivity index (χ2v) is 2.97. The van der Waals surface area contributed by atoms with Gasteiger partial charge in [0.15, 0.2) is 0 Å². The molecule has 1 aliphatic rings. The van der Waals surface area contributed by atoms with Crippen LogP contribution in [-0.2, 0) is 16.5 Å². The second-order valence-electron chi connectivity index (χ2n) is 2.97. The number of ether oxygens (including phenoxy) is 2. The number of aromatic nitrogens is 2. The number of esters is 1. The van der Waals surface area contributed by atoms with Crippen LogP contribution >= 0.6 is 0 Å². The fraction of sp³-hybridized carbons (Fsp3) is 0.500. The van der Waals surface area contributed by atoms with E-state index in [1.165, 1.54) is 6.20 Å². The van der Waals surface area contributed by atoms with E-state index in [0.29, 0.717) is 18.8 Å². The lowest BCUT2D eigenvalue weighted by atomic mass is 10.3. The topological polar surface area (TPSA) is 53.4 Å². The number of carbonyl (C=O) groups excluding carboxylic acids is 1. The fourth-order valence-corrected chi connectivity index (χ4v) is 1.03. The van der Waals surface area contributed by atoms with Crippen LogP contribution in [0.5, 0.6) is 0 Å². The third-order valence-electron chi connectivity index (χ3n) is 1.82. The highest BCUT2D eigenvalue weighted by atomic mass is 16.6. The Morgan fingerprint density at radius 3 is 3.00 bits per heavy atom. The summed E-state index contributed by atoms with van der Waals surface area (Å²) in [6, 6.07) is 0. The normalized spacial score (nSPS) is 16.7. The van der Waals surface area contributed by atoms with Gasteiger partial charge in [-0.2, -0.15) is 5.10 Å². The highest BCUT2D eigenvalue weighted by molar-refractivity contribution is 5.88. The molecule has 0 aliphatic carbocycles. The van der Waals surface area contributed by atoms with Gasteiger partial charge in [-0.15, -0.1) is 0 Å². The van der Waals surface area contributed by atoms with E-state index in [1.807, 2.05) is 0 Å². The molecule has 2 heterocycles. The Labute approximate surface area is 75.2 Å². The van der Waals surface area contributed by atoms with Crippen LogP contribution in [0.4, 0.5) is 0 Å². The third-order valence-corrected chi connectivity index (χ3v) is 1.82. The summed E-state index contributed by atoms with van der Waals surface area (Å²) in [5.74, 6) is -0.332. The first-order chi connectivity index (χ1) is 6.25. The lowest BCUT2D eigenvalue weighted by molar-refractivity contribution is -0.103. The number of nitrogens with zero attached hydrogens (tertiary/aromatic N) is 2. The van der Waals surface area contributed by atoms with Crippen LogP contribution in [0.25, 0.3) is 0 Å². The Kier molecular flexibility index (Phi) is 2.02. The van der Waals surface area contributed by atoms with Gasteiger partial charge in [0, 0.05) is 13.2 Å². The van der Waals surface area contributed by atoms with Crippen molar-refractivity contribution in [3.63, 3.8) is 0 Å². The van der Waals surface area contributed by atoms with E-state index in [-0.39, 0.29) is 12.1 Å². The molecule has 0 aromatic carbocycles. The van der Waals surface area contributed by atoms with E-state index in [2.05, 4.69) is 5.10 Å². The first kappa shape index (κ1) is 8.25. The zero-order valence-electron chi connectivity index (χ0n) is 7.27. The number of carbonyl (C=O) groups is 1. The molecule has 0 amide bonds. The number of aryl methyl sites for hydroxylation is 1. The molecule has 5 heteroatoms. The number of rotatable bonds is 2. The molecular weight excluding hydrogens is 172 g/mol. The zero-order valence-corrected chi connectivity index (χ0v) is 7.27. The van der Waals surface area contributed by atoms with E-state index in [0.717, 1.165) is 0 Å². The van der Waals surface area contributed by atoms with Crippen LogP contribution in [0.3, 0.4) is 0 Å². The summed E-state index contributed by atoms with van der Waals surface area (Å²) >= 11 is 0. The van der Waals surface area contributed by atoms with E-state index >= 15 is 0 Å². The Morgan fingerprint density at radius 1 is 1.77 bits per heavy atom. The van der Waals surface area contributed by atoms with Gasteiger partial charge in [0.2, 0.25) is 0 Å². The standard InChI is InChI=1S/C8H10N2O3/c1-10-3-6(2-9-10)8(11)13-7-4-12-5-7/h2-3,7H,4-5H2,1H3. The maximum atomic E-state index is 11.3. The van der Waals surface area contributed by atoms with Crippen molar-refractivity contribution in [3.05, 3.63) is 18.0 Å². The minimum absolute atomic E-state index is 0.0762. The Hall–Kier alpha value is -1.36. The van der Waals surface area contributed by atoms with Gasteiger partial charge in [-0.05, 0) is 0 Å². The first-order valence-corrected chi connectivity index (χ1v) is 4.03. The monoisotopic (exact) mass is 182 g/mol. The molecule has 1 fully saturated rings. The second kappa shape index (κ2) is 3.18. The van der Waals surface area contributed by atoms with Crippen molar-refractivity contribution in [3.8, 4) is 0 Å². The average molecular weight is 182 g/mol. The maximum Gasteiger partial charge on any atom is 0.341 e. The van der Waals surface area contributed by atoms with Crippen LogP contribution in [-0.4, -0.2) is 35.1 Å². The summed E-state index contributed by atoms with van der Waals surface area (Å²) in [5.41, 5.74) is 0.481. The smallest absolute Gasteiger partial charge is 0.341 e. The number of hydrogen-bond donors (Lipinski definition) is 0. The van der Waals surface area contributed by atoms with Gasteiger partial charge in [0.05, 0.1) is 25.0 Å². The van der Waals surface area contributed by atoms with E-state index in [1.54, 1.807) is 17.9 Å². The SMILES string of the molecule is Cn1cc(C(=O)OC2COC2)cn1. The van der Waals surface area contributed by atoms with Crippen molar-refractivity contribution in [2.24, 2.45) is 7.05 Å². The van der Waals surface area contributed by atoms with Crippen molar-refractivity contribution < 1.29 is 14.3 Å². The Bertz CT molecular complexity index is 317. The first-order valence-electron chi connectivity index (χ1n) is 4.03. The summed E-state index contributed by atoms with van der Waals surface area (Å²) in [6.45, 7) is 1.01. The van der Waals surface area contributed by atoms with Crippen LogP contribution in [0.15, 0.2) is 12.4 Å². The summed E-state index contributed by atoms with van der Waals surface area (Å²) in [4.78, 5) is 11.3. The molecule has 0 spiro atoms. The third kappa shape index (κ3) is 1.70. The van der Waals surface area contributed by atoms with Crippen LogP contribution in [0.2, 0.25) is 0 Å². The molecular formula is C8H10N2O3. The molecule has 0 N–H and O–H groups in total. The minimum atomic E-state index is -0.332. The van der Waals surface area contributed by atoms with Crippen molar-refractivity contribution in [1.29, 1.82) is 0 Å². The molecule has 1 aliphatic heterocycles. The van der Waals surface area contributed by atoms with Gasteiger partial charge in [-0.25, -0.2) is 4.79 Å². The molecule has 0 saturated carbocycles. The Balaban J connectivity index is 1.96. The molecule has 1 saturated heterocycles. The fourth-order valence-electron chi connectivity index (χ4n) is 1.03. The predicted octanol–water partition coefficient (Wildman–Crippen LogP) is -0.0243. The van der Waals surface area contributed by atoms with Gasteiger partial charge in [-0.1, -0.05) is 0 Å². The van der Waals surface area contributed by atoms with Crippen molar-refractivity contribution in [1.82, 2.24) is 9.78 Å². The molecule has 1 aromatic heterocycles. The summed E-state index contributed by atoms with van der Waals surface area (Å²) in [6.07, 6.45) is 3.04. The summed E-state index contributed by atoms with van der Waals surface area (Å²) in [7, 11) is 1.75. The van der Waals surface area contributed by atoms with E-state index in [4.69, 9.17) is 9.47 Å². The molecule has 0 radical (unpaired) electrons. The van der Waals surface area contributed by atoms with Gasteiger partial charge in [0.1, 0.15) is 6.10 Å². The largest absolute Gasteiger partial charge is 0.454 e. The minimum Gasteiger partial charge on any atom is -0.454 e. The maximum absolute atomic E-state index is 11.3.